The summed E-state index contributed by atoms with van der Waals surface area (Å²) < 4.78 is 32.0. The van der Waals surface area contributed by atoms with Crippen LogP contribution in [0.2, 0.25) is 0 Å². The molecule has 3 aliphatic heterocycles. The Morgan fingerprint density at radius 1 is 0.920 bits per heavy atom. The minimum absolute atomic E-state index is 0.149. The molecule has 0 radical (unpaired) electrons. The minimum atomic E-state index is -3.41. The maximum absolute atomic E-state index is 13.2. The Bertz CT molecular complexity index is 709. The molecular weight excluding hydrogens is 338 g/mol. The summed E-state index contributed by atoms with van der Waals surface area (Å²) in [5, 5.41) is 8.81. The average molecular weight is 368 g/mol. The van der Waals surface area contributed by atoms with Crippen molar-refractivity contribution in [2.75, 3.05) is 19.6 Å². The van der Waals surface area contributed by atoms with Crippen molar-refractivity contribution in [2.45, 2.75) is 70.9 Å². The summed E-state index contributed by atoms with van der Waals surface area (Å²) >= 11 is 0. The SMILES string of the molecule is CC1CCN(S(=O)(=O)N2CCCC2c2nnc3n2CCCCC3)CC1. The van der Waals surface area contributed by atoms with Gasteiger partial charge in [0, 0.05) is 32.6 Å². The number of aryl methyl sites for hydroxylation is 1. The van der Waals surface area contributed by atoms with Crippen LogP contribution in [0.25, 0.3) is 0 Å². The van der Waals surface area contributed by atoms with Gasteiger partial charge >= 0.3 is 0 Å². The number of fused-ring (bicyclic) bond motifs is 1. The zero-order chi connectivity index (χ0) is 17.4. The molecule has 4 rings (SSSR count). The lowest BCUT2D eigenvalue weighted by atomic mass is 10.0. The molecule has 25 heavy (non-hydrogen) atoms. The van der Waals surface area contributed by atoms with E-state index in [1.807, 2.05) is 0 Å². The molecule has 0 amide bonds. The summed E-state index contributed by atoms with van der Waals surface area (Å²) in [5.41, 5.74) is 0. The third kappa shape index (κ3) is 3.24. The summed E-state index contributed by atoms with van der Waals surface area (Å²) in [5.74, 6) is 2.51. The van der Waals surface area contributed by atoms with Gasteiger partial charge in [0.05, 0.1) is 6.04 Å². The van der Waals surface area contributed by atoms with E-state index < -0.39 is 10.2 Å². The molecule has 8 heteroatoms. The van der Waals surface area contributed by atoms with E-state index >= 15 is 0 Å². The van der Waals surface area contributed by atoms with Crippen molar-refractivity contribution in [3.8, 4) is 0 Å². The Morgan fingerprint density at radius 2 is 1.72 bits per heavy atom. The van der Waals surface area contributed by atoms with Crippen molar-refractivity contribution in [3.63, 3.8) is 0 Å². The van der Waals surface area contributed by atoms with E-state index in [4.69, 9.17) is 0 Å². The van der Waals surface area contributed by atoms with E-state index in [0.29, 0.717) is 25.6 Å². The minimum Gasteiger partial charge on any atom is -0.314 e. The lowest BCUT2D eigenvalue weighted by Gasteiger charge is -2.34. The second kappa shape index (κ2) is 6.96. The van der Waals surface area contributed by atoms with E-state index in [0.717, 1.165) is 63.1 Å². The van der Waals surface area contributed by atoms with Gasteiger partial charge in [0.1, 0.15) is 5.82 Å². The Hall–Kier alpha value is -0.990. The van der Waals surface area contributed by atoms with Gasteiger partial charge in [0.2, 0.25) is 0 Å². The van der Waals surface area contributed by atoms with Crippen LogP contribution >= 0.6 is 0 Å². The fourth-order valence-electron chi connectivity index (χ4n) is 4.39. The monoisotopic (exact) mass is 367 g/mol. The number of piperidine rings is 1. The molecule has 2 saturated heterocycles. The highest BCUT2D eigenvalue weighted by molar-refractivity contribution is 7.86. The third-order valence-electron chi connectivity index (χ3n) is 6.01. The molecule has 0 saturated carbocycles. The first-order chi connectivity index (χ1) is 12.1. The zero-order valence-corrected chi connectivity index (χ0v) is 15.9. The smallest absolute Gasteiger partial charge is 0.282 e. The first kappa shape index (κ1) is 17.4. The van der Waals surface area contributed by atoms with Gasteiger partial charge in [-0.15, -0.1) is 10.2 Å². The Balaban J connectivity index is 1.59. The van der Waals surface area contributed by atoms with Crippen LogP contribution in [0.3, 0.4) is 0 Å². The zero-order valence-electron chi connectivity index (χ0n) is 15.1. The molecule has 0 N–H and O–H groups in total. The van der Waals surface area contributed by atoms with Gasteiger partial charge in [0.25, 0.3) is 10.2 Å². The van der Waals surface area contributed by atoms with Crippen molar-refractivity contribution in [3.05, 3.63) is 11.6 Å². The number of aromatic nitrogens is 3. The van der Waals surface area contributed by atoms with Crippen molar-refractivity contribution in [1.29, 1.82) is 0 Å². The van der Waals surface area contributed by atoms with Crippen molar-refractivity contribution < 1.29 is 8.42 Å². The number of hydrogen-bond acceptors (Lipinski definition) is 4. The number of hydrogen-bond donors (Lipinski definition) is 0. The summed E-state index contributed by atoms with van der Waals surface area (Å²) in [4.78, 5) is 0. The molecule has 0 bridgehead atoms. The molecule has 0 spiro atoms. The van der Waals surface area contributed by atoms with E-state index in [2.05, 4.69) is 21.7 Å². The summed E-state index contributed by atoms with van der Waals surface area (Å²) in [6, 6.07) is -0.149. The largest absolute Gasteiger partial charge is 0.314 e. The van der Waals surface area contributed by atoms with Gasteiger partial charge in [-0.25, -0.2) is 0 Å². The first-order valence-electron chi connectivity index (χ1n) is 9.76. The highest BCUT2D eigenvalue weighted by Gasteiger charge is 2.42. The highest BCUT2D eigenvalue weighted by Crippen LogP contribution is 2.36. The van der Waals surface area contributed by atoms with E-state index in [1.54, 1.807) is 8.61 Å². The fourth-order valence-corrected chi connectivity index (χ4v) is 6.24. The molecule has 0 aromatic carbocycles. The van der Waals surface area contributed by atoms with Crippen molar-refractivity contribution >= 4 is 10.2 Å². The van der Waals surface area contributed by atoms with E-state index in [1.165, 1.54) is 6.42 Å². The second-order valence-corrected chi connectivity index (χ2v) is 9.68. The van der Waals surface area contributed by atoms with Gasteiger partial charge in [-0.2, -0.15) is 17.0 Å². The van der Waals surface area contributed by atoms with E-state index in [-0.39, 0.29) is 6.04 Å². The summed E-state index contributed by atoms with van der Waals surface area (Å²) in [6.07, 6.45) is 8.10. The van der Waals surface area contributed by atoms with Crippen LogP contribution < -0.4 is 0 Å². The fraction of sp³-hybridized carbons (Fsp3) is 0.882. The van der Waals surface area contributed by atoms with Gasteiger partial charge in [0.15, 0.2) is 5.82 Å². The Labute approximate surface area is 150 Å². The Morgan fingerprint density at radius 3 is 2.52 bits per heavy atom. The second-order valence-electron chi connectivity index (χ2n) is 7.79. The van der Waals surface area contributed by atoms with Crippen LogP contribution in [0.4, 0.5) is 0 Å². The number of nitrogens with zero attached hydrogens (tertiary/aromatic N) is 5. The van der Waals surface area contributed by atoms with Crippen LogP contribution in [0.1, 0.15) is 69.6 Å². The van der Waals surface area contributed by atoms with Crippen LogP contribution in [-0.2, 0) is 23.2 Å². The predicted molar refractivity (Wildman–Crippen MR) is 95.1 cm³/mol. The van der Waals surface area contributed by atoms with Gasteiger partial charge in [-0.05, 0) is 44.4 Å². The molecule has 4 heterocycles. The topological polar surface area (TPSA) is 71.3 Å². The molecule has 0 aliphatic carbocycles. The van der Waals surface area contributed by atoms with Gasteiger partial charge < -0.3 is 4.57 Å². The van der Waals surface area contributed by atoms with Crippen LogP contribution in [0, 0.1) is 5.92 Å². The maximum atomic E-state index is 13.2. The summed E-state index contributed by atoms with van der Waals surface area (Å²) in [7, 11) is -3.41. The number of rotatable bonds is 3. The highest BCUT2D eigenvalue weighted by atomic mass is 32.2. The molecule has 3 aliphatic rings. The molecule has 7 nitrogen and oxygen atoms in total. The normalized spacial score (nSPS) is 27.3. The van der Waals surface area contributed by atoms with Gasteiger partial charge in [-0.3, -0.25) is 0 Å². The molecule has 2 fully saturated rings. The van der Waals surface area contributed by atoms with Crippen LogP contribution in [0.5, 0.6) is 0 Å². The summed E-state index contributed by atoms with van der Waals surface area (Å²) in [6.45, 7) is 5.01. The average Bonchev–Trinajstić information content (AvgIpc) is 3.17. The lowest BCUT2D eigenvalue weighted by molar-refractivity contribution is 0.257. The molecule has 1 atom stereocenters. The van der Waals surface area contributed by atoms with Crippen molar-refractivity contribution in [2.24, 2.45) is 5.92 Å². The van der Waals surface area contributed by atoms with Crippen LogP contribution in [0.15, 0.2) is 0 Å². The van der Waals surface area contributed by atoms with Crippen molar-refractivity contribution in [1.82, 2.24) is 23.4 Å². The third-order valence-corrected chi connectivity index (χ3v) is 8.05. The van der Waals surface area contributed by atoms with E-state index in [9.17, 15) is 8.42 Å². The molecule has 1 aromatic rings. The Kier molecular flexibility index (Phi) is 4.85. The molecule has 1 unspecified atom stereocenters. The van der Waals surface area contributed by atoms with Gasteiger partial charge in [-0.1, -0.05) is 13.3 Å². The van der Waals surface area contributed by atoms with Crippen LogP contribution in [-0.4, -0.2) is 51.4 Å². The molecule has 1 aromatic heterocycles. The first-order valence-corrected chi connectivity index (χ1v) is 11.2. The maximum Gasteiger partial charge on any atom is 0.282 e. The molecule has 140 valence electrons. The standard InChI is InChI=1S/C17H29N5O2S/c1-14-8-12-20(13-9-14)25(23,24)22-11-5-6-15(22)17-19-18-16-7-3-2-4-10-21(16)17/h14-15H,2-13H2,1H3. The quantitative estimate of drug-likeness (QED) is 0.820. The molecular formula is C17H29N5O2S. The predicted octanol–water partition coefficient (Wildman–Crippen LogP) is 2.12. The lowest BCUT2D eigenvalue weighted by Crippen LogP contribution is -2.47.